The van der Waals surface area contributed by atoms with Gasteiger partial charge in [-0.1, -0.05) is 36.8 Å². The number of carbonyl (C=O) groups excluding carboxylic acids is 2. The largest absolute Gasteiger partial charge is 0.369 e. The molecule has 1 aromatic heterocycles. The summed E-state index contributed by atoms with van der Waals surface area (Å²) in [5.74, 6) is 0.218. The van der Waals surface area contributed by atoms with Crippen LogP contribution in [-0.2, 0) is 16.0 Å². The normalized spacial score (nSPS) is 19.1. The number of amides is 2. The van der Waals surface area contributed by atoms with E-state index in [9.17, 15) is 9.59 Å². The van der Waals surface area contributed by atoms with E-state index in [0.29, 0.717) is 32.4 Å². The van der Waals surface area contributed by atoms with Crippen molar-refractivity contribution in [1.82, 2.24) is 9.88 Å². The quantitative estimate of drug-likeness (QED) is 0.869. The Morgan fingerprint density at radius 2 is 1.86 bits per heavy atom. The fourth-order valence-corrected chi connectivity index (χ4v) is 4.36. The van der Waals surface area contributed by atoms with Crippen LogP contribution in [0.5, 0.6) is 0 Å². The molecule has 5 heteroatoms. The van der Waals surface area contributed by atoms with Gasteiger partial charge in [0.25, 0.3) is 0 Å². The number of pyridine rings is 1. The number of carbonyl (C=O) groups is 2. The van der Waals surface area contributed by atoms with Gasteiger partial charge in [-0.2, -0.15) is 0 Å². The number of aromatic nitrogens is 1. The molecule has 0 atom stereocenters. The van der Waals surface area contributed by atoms with Crippen molar-refractivity contribution in [3.63, 3.8) is 0 Å². The van der Waals surface area contributed by atoms with Crippen LogP contribution >= 0.6 is 0 Å². The van der Waals surface area contributed by atoms with E-state index in [2.05, 4.69) is 23.2 Å². The zero-order valence-electron chi connectivity index (χ0n) is 16.1. The number of hydrogen-bond donors (Lipinski definition) is 1. The fourth-order valence-electron chi connectivity index (χ4n) is 4.36. The summed E-state index contributed by atoms with van der Waals surface area (Å²) in [7, 11) is 0. The van der Waals surface area contributed by atoms with Crippen molar-refractivity contribution in [2.24, 2.45) is 17.1 Å². The summed E-state index contributed by atoms with van der Waals surface area (Å²) in [4.78, 5) is 31.1. The molecule has 2 aliphatic rings. The number of piperidine rings is 1. The minimum absolute atomic E-state index is 0.206. The van der Waals surface area contributed by atoms with Crippen LogP contribution in [0.25, 0.3) is 11.1 Å². The molecule has 0 radical (unpaired) electrons. The van der Waals surface area contributed by atoms with Gasteiger partial charge >= 0.3 is 0 Å². The van der Waals surface area contributed by atoms with Gasteiger partial charge in [0.1, 0.15) is 0 Å². The minimum Gasteiger partial charge on any atom is -0.369 e. The summed E-state index contributed by atoms with van der Waals surface area (Å²) in [6, 6.07) is 12.2. The molecule has 1 aliphatic carbocycles. The first-order valence-corrected chi connectivity index (χ1v) is 10.2. The first-order valence-electron chi connectivity index (χ1n) is 10.2. The zero-order valence-corrected chi connectivity index (χ0v) is 16.1. The van der Waals surface area contributed by atoms with Crippen molar-refractivity contribution >= 4 is 11.8 Å². The van der Waals surface area contributed by atoms with E-state index >= 15 is 0 Å². The number of primary amides is 1. The topological polar surface area (TPSA) is 76.3 Å². The Balaban J connectivity index is 1.49. The van der Waals surface area contributed by atoms with Gasteiger partial charge in [0.15, 0.2) is 0 Å². The highest BCUT2D eigenvalue weighted by Crippen LogP contribution is 2.37. The van der Waals surface area contributed by atoms with E-state index < -0.39 is 5.41 Å². The average Bonchev–Trinajstić information content (AvgIpc) is 2.68. The monoisotopic (exact) mass is 377 g/mol. The van der Waals surface area contributed by atoms with Crippen LogP contribution in [-0.4, -0.2) is 34.8 Å². The van der Waals surface area contributed by atoms with Crippen molar-refractivity contribution in [3.8, 4) is 11.1 Å². The van der Waals surface area contributed by atoms with Crippen molar-refractivity contribution in [2.45, 2.75) is 38.5 Å². The third-order valence-corrected chi connectivity index (χ3v) is 6.47. The van der Waals surface area contributed by atoms with Crippen LogP contribution in [0.2, 0.25) is 0 Å². The summed E-state index contributed by atoms with van der Waals surface area (Å²) in [5, 5.41) is 0. The SMILES string of the molecule is NC(=O)C1(Cc2cccc(-c3cccnc3)c2)CCN(C(=O)C2CCC2)CC1. The predicted octanol–water partition coefficient (Wildman–Crippen LogP) is 3.19. The summed E-state index contributed by atoms with van der Waals surface area (Å²) >= 11 is 0. The number of hydrogen-bond acceptors (Lipinski definition) is 3. The lowest BCUT2D eigenvalue weighted by atomic mass is 9.72. The van der Waals surface area contributed by atoms with E-state index in [-0.39, 0.29) is 17.7 Å². The number of rotatable bonds is 5. The molecule has 2 N–H and O–H groups in total. The Morgan fingerprint density at radius 1 is 1.11 bits per heavy atom. The third kappa shape index (κ3) is 3.66. The molecule has 0 spiro atoms. The molecule has 1 aliphatic heterocycles. The molecule has 28 heavy (non-hydrogen) atoms. The lowest BCUT2D eigenvalue weighted by Gasteiger charge is -2.42. The Kier molecular flexibility index (Phi) is 5.16. The fraction of sp³-hybridized carbons (Fsp3) is 0.435. The Bertz CT molecular complexity index is 853. The maximum atomic E-state index is 12.5. The molecule has 1 saturated heterocycles. The molecular formula is C23H27N3O2. The molecule has 0 bridgehead atoms. The van der Waals surface area contributed by atoms with E-state index in [4.69, 9.17) is 5.73 Å². The molecular weight excluding hydrogens is 350 g/mol. The predicted molar refractivity (Wildman–Crippen MR) is 108 cm³/mol. The second-order valence-electron chi connectivity index (χ2n) is 8.22. The first kappa shape index (κ1) is 18.7. The second-order valence-corrected chi connectivity index (χ2v) is 8.22. The Labute approximate surface area is 165 Å². The van der Waals surface area contributed by atoms with E-state index in [1.165, 1.54) is 0 Å². The van der Waals surface area contributed by atoms with Crippen LogP contribution in [0.1, 0.15) is 37.7 Å². The third-order valence-electron chi connectivity index (χ3n) is 6.47. The maximum Gasteiger partial charge on any atom is 0.225 e. The Morgan fingerprint density at radius 3 is 2.46 bits per heavy atom. The molecule has 0 unspecified atom stereocenters. The Hall–Kier alpha value is -2.69. The highest BCUT2D eigenvalue weighted by atomic mass is 16.2. The highest BCUT2D eigenvalue weighted by molar-refractivity contribution is 5.83. The van der Waals surface area contributed by atoms with E-state index in [1.54, 1.807) is 6.20 Å². The van der Waals surface area contributed by atoms with Gasteiger partial charge in [-0.3, -0.25) is 14.6 Å². The molecule has 2 fully saturated rings. The van der Waals surface area contributed by atoms with Crippen molar-refractivity contribution in [3.05, 3.63) is 54.4 Å². The maximum absolute atomic E-state index is 12.5. The van der Waals surface area contributed by atoms with Crippen LogP contribution < -0.4 is 5.73 Å². The smallest absolute Gasteiger partial charge is 0.225 e. The van der Waals surface area contributed by atoms with Crippen molar-refractivity contribution < 1.29 is 9.59 Å². The van der Waals surface area contributed by atoms with Crippen LogP contribution in [0.4, 0.5) is 0 Å². The minimum atomic E-state index is -0.579. The van der Waals surface area contributed by atoms with Gasteiger partial charge in [0.2, 0.25) is 11.8 Å². The van der Waals surface area contributed by atoms with Crippen molar-refractivity contribution in [2.75, 3.05) is 13.1 Å². The van der Waals surface area contributed by atoms with Crippen LogP contribution in [0, 0.1) is 11.3 Å². The lowest BCUT2D eigenvalue weighted by molar-refractivity contribution is -0.144. The molecule has 2 amide bonds. The molecule has 2 aromatic rings. The summed E-state index contributed by atoms with van der Waals surface area (Å²) < 4.78 is 0. The van der Waals surface area contributed by atoms with Crippen molar-refractivity contribution in [1.29, 1.82) is 0 Å². The second kappa shape index (κ2) is 7.74. The van der Waals surface area contributed by atoms with Gasteiger partial charge in [0, 0.05) is 31.4 Å². The number of nitrogens with zero attached hydrogens (tertiary/aromatic N) is 2. The van der Waals surface area contributed by atoms with E-state index in [1.807, 2.05) is 29.3 Å². The van der Waals surface area contributed by atoms with E-state index in [0.717, 1.165) is 36.0 Å². The van der Waals surface area contributed by atoms with Gasteiger partial charge in [-0.15, -0.1) is 0 Å². The highest BCUT2D eigenvalue weighted by Gasteiger charge is 2.42. The standard InChI is InChI=1S/C23H27N3O2/c24-22(28)23(9-12-26(13-10-23)21(27)18-5-2-6-18)15-17-4-1-7-19(14-17)20-8-3-11-25-16-20/h1,3-4,7-8,11,14,16,18H,2,5-6,9-10,12-13,15H2,(H2,24,28). The molecule has 5 nitrogen and oxygen atoms in total. The number of nitrogens with two attached hydrogens (primary N) is 1. The number of likely N-dealkylation sites (tertiary alicyclic amines) is 1. The van der Waals surface area contributed by atoms with Crippen LogP contribution in [0.3, 0.4) is 0 Å². The molecule has 1 aromatic carbocycles. The zero-order chi connectivity index (χ0) is 19.6. The summed E-state index contributed by atoms with van der Waals surface area (Å²) in [6.45, 7) is 1.25. The molecule has 1 saturated carbocycles. The van der Waals surface area contributed by atoms with Gasteiger partial charge in [0.05, 0.1) is 5.41 Å². The first-order chi connectivity index (χ1) is 13.6. The molecule has 4 rings (SSSR count). The summed E-state index contributed by atoms with van der Waals surface area (Å²) in [6.07, 6.45) is 8.66. The average molecular weight is 377 g/mol. The number of benzene rings is 1. The van der Waals surface area contributed by atoms with Gasteiger partial charge in [-0.05, 0) is 54.9 Å². The molecule has 2 heterocycles. The lowest BCUT2D eigenvalue weighted by Crippen LogP contribution is -2.51. The van der Waals surface area contributed by atoms with Crippen LogP contribution in [0.15, 0.2) is 48.8 Å². The summed E-state index contributed by atoms with van der Waals surface area (Å²) in [5.41, 5.74) is 8.52. The van der Waals surface area contributed by atoms with Gasteiger partial charge in [-0.25, -0.2) is 0 Å². The molecule has 146 valence electrons. The van der Waals surface area contributed by atoms with Gasteiger partial charge < -0.3 is 10.6 Å².